The number of hydrogen-bond donors (Lipinski definition) is 2. The summed E-state index contributed by atoms with van der Waals surface area (Å²) in [6.07, 6.45) is 0. The molecule has 96 valence electrons. The van der Waals surface area contributed by atoms with Crippen molar-refractivity contribution in [2.45, 2.75) is 51.9 Å². The molecule has 0 rings (SSSR count). The Labute approximate surface area is 99.5 Å². The Morgan fingerprint density at radius 2 is 1.94 bits per heavy atom. The van der Waals surface area contributed by atoms with Crippen LogP contribution in [0.15, 0.2) is 0 Å². The number of carbonyl (C=O) groups is 1. The van der Waals surface area contributed by atoms with Crippen LogP contribution in [-0.2, 0) is 9.22 Å². The lowest BCUT2D eigenvalue weighted by atomic mass is 10.2. The van der Waals surface area contributed by atoms with Crippen LogP contribution in [0.2, 0.25) is 18.1 Å². The van der Waals surface area contributed by atoms with Crippen LogP contribution in [0.1, 0.15) is 27.7 Å². The maximum absolute atomic E-state index is 10.4. The van der Waals surface area contributed by atoms with Crippen molar-refractivity contribution in [2.75, 3.05) is 13.2 Å². The number of nitrogens with one attached hydrogen (secondary N) is 1. The molecule has 0 aliphatic carbocycles. The third-order valence-electron chi connectivity index (χ3n) is 3.10. The van der Waals surface area contributed by atoms with Gasteiger partial charge in [-0.1, -0.05) is 20.8 Å². The lowest BCUT2D eigenvalue weighted by molar-refractivity contribution is -0.136. The topological polar surface area (TPSA) is 58.6 Å². The van der Waals surface area contributed by atoms with E-state index in [9.17, 15) is 4.79 Å². The Morgan fingerprint density at radius 3 is 2.31 bits per heavy atom. The average Bonchev–Trinajstić information content (AvgIpc) is 2.09. The molecule has 0 bridgehead atoms. The van der Waals surface area contributed by atoms with Gasteiger partial charge in [-0.15, -0.1) is 0 Å². The molecule has 0 unspecified atom stereocenters. The molecule has 0 radical (unpaired) electrons. The molecular formula is C11H25NO3Si. The Bertz CT molecular complexity index is 236. The Kier molecular flexibility index (Phi) is 5.65. The van der Waals surface area contributed by atoms with Gasteiger partial charge in [-0.25, -0.2) is 0 Å². The first-order valence-corrected chi connectivity index (χ1v) is 8.56. The lowest BCUT2D eigenvalue weighted by Gasteiger charge is -2.37. The van der Waals surface area contributed by atoms with Gasteiger partial charge in [-0.05, 0) is 25.1 Å². The average molecular weight is 247 g/mol. The largest absolute Gasteiger partial charge is 0.480 e. The summed E-state index contributed by atoms with van der Waals surface area (Å²) in [7, 11) is -1.71. The number of carboxylic acid groups (broad SMARTS) is 1. The maximum Gasteiger partial charge on any atom is 0.317 e. The van der Waals surface area contributed by atoms with E-state index >= 15 is 0 Å². The molecule has 0 heterocycles. The summed E-state index contributed by atoms with van der Waals surface area (Å²) in [5.74, 6) is -0.834. The van der Waals surface area contributed by atoms with Crippen molar-refractivity contribution in [3.05, 3.63) is 0 Å². The number of carboxylic acids is 1. The van der Waals surface area contributed by atoms with E-state index in [0.29, 0.717) is 6.61 Å². The van der Waals surface area contributed by atoms with Gasteiger partial charge in [-0.3, -0.25) is 4.79 Å². The zero-order valence-electron chi connectivity index (χ0n) is 11.3. The summed E-state index contributed by atoms with van der Waals surface area (Å²) in [4.78, 5) is 10.4. The van der Waals surface area contributed by atoms with Crippen LogP contribution in [0, 0.1) is 0 Å². The molecule has 5 heteroatoms. The van der Waals surface area contributed by atoms with E-state index in [0.717, 1.165) is 0 Å². The molecule has 16 heavy (non-hydrogen) atoms. The van der Waals surface area contributed by atoms with Gasteiger partial charge in [0.1, 0.15) is 0 Å². The molecule has 0 aromatic rings. The van der Waals surface area contributed by atoms with Crippen LogP contribution in [0.5, 0.6) is 0 Å². The highest BCUT2D eigenvalue weighted by Gasteiger charge is 2.37. The van der Waals surface area contributed by atoms with Gasteiger partial charge >= 0.3 is 5.97 Å². The molecule has 0 aliphatic heterocycles. The highest BCUT2D eigenvalue weighted by Crippen LogP contribution is 2.36. The summed E-state index contributed by atoms with van der Waals surface area (Å²) in [5.41, 5.74) is 0. The first kappa shape index (κ1) is 15.6. The van der Waals surface area contributed by atoms with Crippen molar-refractivity contribution in [2.24, 2.45) is 0 Å². The van der Waals surface area contributed by atoms with Gasteiger partial charge in [-0.2, -0.15) is 0 Å². The molecular weight excluding hydrogens is 222 g/mol. The van der Waals surface area contributed by atoms with Crippen LogP contribution < -0.4 is 5.32 Å². The summed E-state index contributed by atoms with van der Waals surface area (Å²) >= 11 is 0. The molecule has 0 saturated heterocycles. The summed E-state index contributed by atoms with van der Waals surface area (Å²) in [6, 6.07) is 0.0743. The zero-order chi connectivity index (χ0) is 13.0. The second kappa shape index (κ2) is 5.79. The number of aliphatic carboxylic acids is 1. The van der Waals surface area contributed by atoms with Crippen LogP contribution in [0.25, 0.3) is 0 Å². The van der Waals surface area contributed by atoms with E-state index < -0.39 is 14.3 Å². The molecule has 2 N–H and O–H groups in total. The molecule has 0 aromatic heterocycles. The van der Waals surface area contributed by atoms with Gasteiger partial charge in [0, 0.05) is 12.6 Å². The SMILES string of the molecule is C[C@H](CO[Si](C)(C)C(C)(C)C)NCC(=O)O. The minimum Gasteiger partial charge on any atom is -0.480 e. The van der Waals surface area contributed by atoms with Gasteiger partial charge in [0.15, 0.2) is 8.32 Å². The highest BCUT2D eigenvalue weighted by molar-refractivity contribution is 6.74. The van der Waals surface area contributed by atoms with Gasteiger partial charge < -0.3 is 14.8 Å². The maximum atomic E-state index is 10.4. The van der Waals surface area contributed by atoms with Gasteiger partial charge in [0.25, 0.3) is 0 Å². The van der Waals surface area contributed by atoms with E-state index in [2.05, 4.69) is 39.2 Å². The zero-order valence-corrected chi connectivity index (χ0v) is 12.3. The molecule has 0 fully saturated rings. The molecule has 0 aromatic carbocycles. The first-order chi connectivity index (χ1) is 7.06. The van der Waals surface area contributed by atoms with E-state index in [1.807, 2.05) is 6.92 Å². The minimum atomic E-state index is -1.71. The second-order valence-electron chi connectivity index (χ2n) is 5.75. The van der Waals surface area contributed by atoms with Crippen LogP contribution in [0.4, 0.5) is 0 Å². The van der Waals surface area contributed by atoms with Crippen LogP contribution in [0.3, 0.4) is 0 Å². The smallest absolute Gasteiger partial charge is 0.317 e. The number of rotatable bonds is 6. The summed E-state index contributed by atoms with van der Waals surface area (Å²) < 4.78 is 5.97. The predicted octanol–water partition coefficient (Wildman–Crippen LogP) is 2.07. The number of hydrogen-bond acceptors (Lipinski definition) is 3. The summed E-state index contributed by atoms with van der Waals surface area (Å²) in [5, 5.41) is 11.6. The van der Waals surface area contributed by atoms with Gasteiger partial charge in [0.05, 0.1) is 6.54 Å². The molecule has 0 saturated carbocycles. The first-order valence-electron chi connectivity index (χ1n) is 5.65. The van der Waals surface area contributed by atoms with Crippen molar-refractivity contribution in [1.29, 1.82) is 0 Å². The summed E-state index contributed by atoms with van der Waals surface area (Å²) in [6.45, 7) is 13.5. The van der Waals surface area contributed by atoms with E-state index in [1.54, 1.807) is 0 Å². The highest BCUT2D eigenvalue weighted by atomic mass is 28.4. The lowest BCUT2D eigenvalue weighted by Crippen LogP contribution is -2.45. The van der Waals surface area contributed by atoms with E-state index in [-0.39, 0.29) is 17.6 Å². The fourth-order valence-electron chi connectivity index (χ4n) is 0.870. The molecule has 0 spiro atoms. The second-order valence-corrected chi connectivity index (χ2v) is 10.6. The third kappa shape index (κ3) is 5.63. The van der Waals surface area contributed by atoms with Crippen molar-refractivity contribution in [3.8, 4) is 0 Å². The quantitative estimate of drug-likeness (QED) is 0.706. The van der Waals surface area contributed by atoms with Crippen molar-refractivity contribution in [3.63, 3.8) is 0 Å². The minimum absolute atomic E-state index is 0.0119. The molecule has 4 nitrogen and oxygen atoms in total. The molecule has 1 atom stereocenters. The third-order valence-corrected chi connectivity index (χ3v) is 7.60. The van der Waals surface area contributed by atoms with Crippen molar-refractivity contribution in [1.82, 2.24) is 5.32 Å². The van der Waals surface area contributed by atoms with Crippen molar-refractivity contribution >= 4 is 14.3 Å². The van der Waals surface area contributed by atoms with Crippen LogP contribution in [-0.4, -0.2) is 38.6 Å². The monoisotopic (exact) mass is 247 g/mol. The normalized spacial score (nSPS) is 14.9. The molecule has 0 aliphatic rings. The Morgan fingerprint density at radius 1 is 1.44 bits per heavy atom. The van der Waals surface area contributed by atoms with E-state index in [4.69, 9.17) is 9.53 Å². The fourth-order valence-corrected chi connectivity index (χ4v) is 1.97. The predicted molar refractivity (Wildman–Crippen MR) is 68.2 cm³/mol. The molecule has 0 amide bonds. The Hall–Kier alpha value is -0.393. The Balaban J connectivity index is 4.00. The standard InChI is InChI=1S/C11H25NO3Si/c1-9(12-7-10(13)14)8-15-16(5,6)11(2,3)4/h9,12H,7-8H2,1-6H3,(H,13,14)/t9-/m1/s1. The van der Waals surface area contributed by atoms with Gasteiger partial charge in [0.2, 0.25) is 0 Å². The van der Waals surface area contributed by atoms with Crippen LogP contribution >= 0.6 is 0 Å². The van der Waals surface area contributed by atoms with Crippen molar-refractivity contribution < 1.29 is 14.3 Å². The van der Waals surface area contributed by atoms with E-state index in [1.165, 1.54) is 0 Å². The fraction of sp³-hybridized carbons (Fsp3) is 0.909.